The van der Waals surface area contributed by atoms with Crippen LogP contribution >= 0.6 is 0 Å². The lowest BCUT2D eigenvalue weighted by molar-refractivity contribution is -0.643. The van der Waals surface area contributed by atoms with Crippen molar-refractivity contribution in [2.24, 2.45) is 0 Å². The Morgan fingerprint density at radius 1 is 1.36 bits per heavy atom. The van der Waals surface area contributed by atoms with E-state index in [4.69, 9.17) is 5.11 Å². The first-order valence-corrected chi connectivity index (χ1v) is 3.67. The molecular weight excluding hydrogens is 138 g/mol. The van der Waals surface area contributed by atoms with Crippen LogP contribution in [0.15, 0.2) is 30.3 Å². The summed E-state index contributed by atoms with van der Waals surface area (Å²) in [5.41, 5.74) is 1.12. The van der Waals surface area contributed by atoms with Gasteiger partial charge in [-0.2, -0.15) is 7.05 Å². The van der Waals surface area contributed by atoms with Gasteiger partial charge in [0.05, 0.1) is 6.61 Å². The lowest BCUT2D eigenvalue weighted by Gasteiger charge is -2.13. The number of aliphatic hydroxyl groups excluding tert-OH is 1. The SMILES string of the molecule is [CH2-][NH2+][C@@H](CO)c1ccccc1. The van der Waals surface area contributed by atoms with E-state index >= 15 is 0 Å². The van der Waals surface area contributed by atoms with Crippen molar-refractivity contribution in [3.8, 4) is 0 Å². The Balaban J connectivity index is 2.74. The normalized spacial score (nSPS) is 12.9. The Morgan fingerprint density at radius 3 is 2.45 bits per heavy atom. The molecule has 0 unspecified atom stereocenters. The average molecular weight is 151 g/mol. The first-order chi connectivity index (χ1) is 5.38. The highest BCUT2D eigenvalue weighted by atomic mass is 16.3. The summed E-state index contributed by atoms with van der Waals surface area (Å²) in [6.07, 6.45) is 0. The second-order valence-electron chi connectivity index (χ2n) is 2.44. The Hall–Kier alpha value is -0.860. The summed E-state index contributed by atoms with van der Waals surface area (Å²) in [5.74, 6) is 0. The van der Waals surface area contributed by atoms with Gasteiger partial charge in [-0.15, -0.1) is 0 Å². The summed E-state index contributed by atoms with van der Waals surface area (Å²) in [6, 6.07) is 9.94. The first-order valence-electron chi connectivity index (χ1n) is 3.67. The van der Waals surface area contributed by atoms with Crippen molar-refractivity contribution in [1.82, 2.24) is 0 Å². The third-order valence-electron chi connectivity index (χ3n) is 1.71. The van der Waals surface area contributed by atoms with Crippen molar-refractivity contribution in [1.29, 1.82) is 0 Å². The Kier molecular flexibility index (Phi) is 3.08. The number of quaternary nitrogens is 1. The second kappa shape index (κ2) is 4.11. The molecule has 1 aromatic carbocycles. The molecule has 11 heavy (non-hydrogen) atoms. The lowest BCUT2D eigenvalue weighted by atomic mass is 10.1. The molecule has 1 atom stereocenters. The third kappa shape index (κ3) is 2.03. The van der Waals surface area contributed by atoms with Crippen LogP contribution in [-0.2, 0) is 0 Å². The number of benzene rings is 1. The zero-order valence-corrected chi connectivity index (χ0v) is 6.40. The molecule has 0 aromatic heterocycles. The molecule has 1 aromatic rings. The van der Waals surface area contributed by atoms with Crippen molar-refractivity contribution in [2.75, 3.05) is 6.61 Å². The Labute approximate surface area is 66.9 Å². The summed E-state index contributed by atoms with van der Waals surface area (Å²) >= 11 is 0. The van der Waals surface area contributed by atoms with Crippen LogP contribution in [0.5, 0.6) is 0 Å². The van der Waals surface area contributed by atoms with Crippen molar-refractivity contribution in [3.63, 3.8) is 0 Å². The van der Waals surface area contributed by atoms with Gasteiger partial charge < -0.3 is 10.4 Å². The molecule has 0 amide bonds. The molecule has 0 saturated carbocycles. The molecule has 0 aliphatic heterocycles. The summed E-state index contributed by atoms with van der Waals surface area (Å²) < 4.78 is 0. The van der Waals surface area contributed by atoms with Crippen molar-refractivity contribution < 1.29 is 10.4 Å². The molecule has 0 aliphatic carbocycles. The monoisotopic (exact) mass is 151 g/mol. The Bertz CT molecular complexity index is 194. The predicted octanol–water partition coefficient (Wildman–Crippen LogP) is 0.0750. The molecule has 0 saturated heterocycles. The third-order valence-corrected chi connectivity index (χ3v) is 1.71. The van der Waals surface area contributed by atoms with E-state index in [1.165, 1.54) is 0 Å². The van der Waals surface area contributed by atoms with E-state index in [0.29, 0.717) is 0 Å². The van der Waals surface area contributed by atoms with Crippen LogP contribution in [0.2, 0.25) is 0 Å². The summed E-state index contributed by atoms with van der Waals surface area (Å²) in [6.45, 7) is 0.132. The summed E-state index contributed by atoms with van der Waals surface area (Å²) in [5, 5.41) is 10.7. The van der Waals surface area contributed by atoms with E-state index in [1.54, 1.807) is 5.32 Å². The van der Waals surface area contributed by atoms with Crippen molar-refractivity contribution in [3.05, 3.63) is 42.9 Å². The standard InChI is InChI=1S/C9H13NO/c1-10-9(7-11)8-5-3-2-4-6-8/h2-6,9,11H,1,7,10H2/t9-/m0/s1. The molecule has 2 nitrogen and oxygen atoms in total. The highest BCUT2D eigenvalue weighted by Crippen LogP contribution is 2.06. The van der Waals surface area contributed by atoms with Crippen LogP contribution in [0.25, 0.3) is 0 Å². The van der Waals surface area contributed by atoms with E-state index < -0.39 is 0 Å². The first kappa shape index (κ1) is 8.24. The van der Waals surface area contributed by atoms with Gasteiger partial charge in [-0.25, -0.2) is 0 Å². The molecule has 0 fully saturated rings. The molecular formula is C9H13NO. The molecule has 0 spiro atoms. The predicted molar refractivity (Wildman–Crippen MR) is 43.6 cm³/mol. The van der Waals surface area contributed by atoms with E-state index in [0.717, 1.165) is 5.56 Å². The minimum atomic E-state index is 0.0798. The van der Waals surface area contributed by atoms with Crippen LogP contribution in [0.4, 0.5) is 0 Å². The van der Waals surface area contributed by atoms with Crippen LogP contribution in [-0.4, -0.2) is 11.7 Å². The average Bonchev–Trinajstić information content (AvgIpc) is 2.09. The van der Waals surface area contributed by atoms with Gasteiger partial charge in [-0.05, 0) is 0 Å². The van der Waals surface area contributed by atoms with Gasteiger partial charge in [0.15, 0.2) is 0 Å². The van der Waals surface area contributed by atoms with Crippen LogP contribution in [0.3, 0.4) is 0 Å². The fourth-order valence-corrected chi connectivity index (χ4v) is 1.02. The van der Waals surface area contributed by atoms with Gasteiger partial charge in [0, 0.05) is 5.56 Å². The zero-order chi connectivity index (χ0) is 8.10. The van der Waals surface area contributed by atoms with Gasteiger partial charge in [0.25, 0.3) is 0 Å². The summed E-state index contributed by atoms with van der Waals surface area (Å²) in [4.78, 5) is 0. The molecule has 2 heteroatoms. The number of nitrogens with two attached hydrogens (primary N) is 1. The highest BCUT2D eigenvalue weighted by Gasteiger charge is 2.06. The van der Waals surface area contributed by atoms with Crippen molar-refractivity contribution in [2.45, 2.75) is 6.04 Å². The molecule has 0 bridgehead atoms. The largest absolute Gasteiger partial charge is 0.471 e. The lowest BCUT2D eigenvalue weighted by Crippen LogP contribution is -2.79. The maximum Gasteiger partial charge on any atom is 0.111 e. The van der Waals surface area contributed by atoms with E-state index in [2.05, 4.69) is 7.05 Å². The number of hydrogen-bond acceptors (Lipinski definition) is 1. The zero-order valence-electron chi connectivity index (χ0n) is 6.40. The molecule has 1 rings (SSSR count). The smallest absolute Gasteiger partial charge is 0.111 e. The molecule has 0 aliphatic rings. The fourth-order valence-electron chi connectivity index (χ4n) is 1.02. The van der Waals surface area contributed by atoms with E-state index in [-0.39, 0.29) is 12.6 Å². The maximum atomic E-state index is 8.91. The highest BCUT2D eigenvalue weighted by molar-refractivity contribution is 5.16. The summed E-state index contributed by atoms with van der Waals surface area (Å²) in [7, 11) is 3.65. The molecule has 0 radical (unpaired) electrons. The van der Waals surface area contributed by atoms with Gasteiger partial charge in [-0.1, -0.05) is 30.3 Å². The van der Waals surface area contributed by atoms with Gasteiger partial charge >= 0.3 is 0 Å². The second-order valence-corrected chi connectivity index (χ2v) is 2.44. The van der Waals surface area contributed by atoms with Crippen molar-refractivity contribution >= 4 is 0 Å². The van der Waals surface area contributed by atoms with Crippen LogP contribution in [0.1, 0.15) is 11.6 Å². The topological polar surface area (TPSA) is 36.8 Å². The molecule has 3 N–H and O–H groups in total. The molecule has 0 heterocycles. The number of aliphatic hydroxyl groups is 1. The van der Waals surface area contributed by atoms with Gasteiger partial charge in [0.2, 0.25) is 0 Å². The fraction of sp³-hybridized carbons (Fsp3) is 0.222. The van der Waals surface area contributed by atoms with E-state index in [1.807, 2.05) is 30.3 Å². The Morgan fingerprint density at radius 2 is 2.00 bits per heavy atom. The van der Waals surface area contributed by atoms with Crippen LogP contribution < -0.4 is 5.32 Å². The quantitative estimate of drug-likeness (QED) is 0.589. The van der Waals surface area contributed by atoms with E-state index in [9.17, 15) is 0 Å². The number of rotatable bonds is 3. The van der Waals surface area contributed by atoms with Crippen LogP contribution in [0, 0.1) is 7.05 Å². The maximum absolute atomic E-state index is 8.91. The van der Waals surface area contributed by atoms with Gasteiger partial charge in [0.1, 0.15) is 6.04 Å². The minimum absolute atomic E-state index is 0.0798. The van der Waals surface area contributed by atoms with Gasteiger partial charge in [-0.3, -0.25) is 0 Å². The minimum Gasteiger partial charge on any atom is -0.471 e. The molecule has 60 valence electrons. The number of hydrogen-bond donors (Lipinski definition) is 2.